The molecule has 3 aromatic rings. The third-order valence-corrected chi connectivity index (χ3v) is 4.07. The Labute approximate surface area is 135 Å². The number of nitrogens with one attached hydrogen (secondary N) is 2. The van der Waals surface area contributed by atoms with Gasteiger partial charge in [-0.05, 0) is 36.6 Å². The van der Waals surface area contributed by atoms with Gasteiger partial charge in [0.05, 0.1) is 18.1 Å². The Hall–Kier alpha value is -2.68. The first-order valence-corrected chi connectivity index (χ1v) is 7.91. The Morgan fingerprint density at radius 3 is 2.61 bits per heavy atom. The van der Waals surface area contributed by atoms with Crippen molar-refractivity contribution in [3.63, 3.8) is 0 Å². The van der Waals surface area contributed by atoms with Gasteiger partial charge in [0.2, 0.25) is 0 Å². The van der Waals surface area contributed by atoms with Crippen molar-refractivity contribution in [3.05, 3.63) is 23.1 Å². The predicted molar refractivity (Wildman–Crippen MR) is 86.3 cm³/mol. The molecule has 2 aromatic heterocycles. The van der Waals surface area contributed by atoms with Gasteiger partial charge in [0, 0.05) is 10.8 Å². The van der Waals surface area contributed by atoms with E-state index in [9.17, 15) is 4.79 Å². The quantitative estimate of drug-likeness (QED) is 0.718. The first-order chi connectivity index (χ1) is 11.2. The summed E-state index contributed by atoms with van der Waals surface area (Å²) >= 11 is 1.36. The molecule has 0 aliphatic rings. The highest BCUT2D eigenvalue weighted by Gasteiger charge is 2.15. The van der Waals surface area contributed by atoms with Crippen molar-refractivity contribution in [3.8, 4) is 11.5 Å². The molecular formula is C14H15N5O3S. The van der Waals surface area contributed by atoms with E-state index < -0.39 is 0 Å². The number of rotatable bonds is 6. The standard InChI is InChI=1S/C14H15N5O3S/c1-3-21-9-5-8-6-12(13(20)15-14-16-18-19-17-14)23-11(8)7-10(9)22-4-2/h5-7H,3-4H2,1-2H3,(H2,15,16,17,18,19,20). The number of aromatic amines is 1. The maximum Gasteiger partial charge on any atom is 0.270 e. The second-order valence-electron chi connectivity index (χ2n) is 4.50. The van der Waals surface area contributed by atoms with Crippen molar-refractivity contribution in [2.45, 2.75) is 13.8 Å². The summed E-state index contributed by atoms with van der Waals surface area (Å²) in [6.07, 6.45) is 0. The number of carbonyl (C=O) groups is 1. The van der Waals surface area contributed by atoms with Gasteiger partial charge in [-0.25, -0.2) is 0 Å². The molecule has 9 heteroatoms. The second kappa shape index (κ2) is 6.61. The molecule has 120 valence electrons. The fourth-order valence-electron chi connectivity index (χ4n) is 2.07. The van der Waals surface area contributed by atoms with Crippen LogP contribution < -0.4 is 14.8 Å². The van der Waals surface area contributed by atoms with Crippen molar-refractivity contribution in [1.82, 2.24) is 20.6 Å². The number of carbonyl (C=O) groups excluding carboxylic acids is 1. The lowest BCUT2D eigenvalue weighted by atomic mass is 10.2. The third-order valence-electron chi connectivity index (χ3n) is 2.98. The van der Waals surface area contributed by atoms with Gasteiger partial charge in [0.15, 0.2) is 11.5 Å². The fraction of sp³-hybridized carbons (Fsp3) is 0.286. The molecule has 0 saturated carbocycles. The number of fused-ring (bicyclic) bond motifs is 1. The molecule has 3 rings (SSSR count). The Balaban J connectivity index is 1.92. The molecular weight excluding hydrogens is 318 g/mol. The summed E-state index contributed by atoms with van der Waals surface area (Å²) in [7, 11) is 0. The highest BCUT2D eigenvalue weighted by atomic mass is 32.1. The van der Waals surface area contributed by atoms with E-state index in [-0.39, 0.29) is 11.9 Å². The van der Waals surface area contributed by atoms with E-state index in [1.165, 1.54) is 11.3 Å². The Morgan fingerprint density at radius 1 is 1.22 bits per heavy atom. The molecule has 1 aromatic carbocycles. The van der Waals surface area contributed by atoms with E-state index in [1.807, 2.05) is 26.0 Å². The minimum atomic E-state index is -0.288. The number of amides is 1. The van der Waals surface area contributed by atoms with Crippen molar-refractivity contribution >= 4 is 33.3 Å². The molecule has 0 unspecified atom stereocenters. The SMILES string of the molecule is CCOc1cc2cc(C(=O)Nc3nn[nH]n3)sc2cc1OCC. The van der Waals surface area contributed by atoms with E-state index >= 15 is 0 Å². The lowest BCUT2D eigenvalue weighted by Gasteiger charge is -2.10. The van der Waals surface area contributed by atoms with Crippen molar-refractivity contribution in [1.29, 1.82) is 0 Å². The number of hydrogen-bond acceptors (Lipinski definition) is 7. The van der Waals surface area contributed by atoms with Gasteiger partial charge in [-0.1, -0.05) is 5.10 Å². The predicted octanol–water partition coefficient (Wildman–Crippen LogP) is 2.46. The molecule has 0 saturated heterocycles. The van der Waals surface area contributed by atoms with Gasteiger partial charge in [-0.3, -0.25) is 10.1 Å². The van der Waals surface area contributed by atoms with Gasteiger partial charge in [0.25, 0.3) is 11.9 Å². The lowest BCUT2D eigenvalue weighted by Crippen LogP contribution is -2.11. The molecule has 1 amide bonds. The highest BCUT2D eigenvalue weighted by molar-refractivity contribution is 7.20. The van der Waals surface area contributed by atoms with Crippen molar-refractivity contribution < 1.29 is 14.3 Å². The van der Waals surface area contributed by atoms with Crippen LogP contribution in [0, 0.1) is 0 Å². The Bertz CT molecular complexity index is 772. The maximum atomic E-state index is 12.2. The minimum absolute atomic E-state index is 0.137. The number of tetrazole rings is 1. The number of anilines is 1. The highest BCUT2D eigenvalue weighted by Crippen LogP contribution is 2.37. The van der Waals surface area contributed by atoms with Gasteiger partial charge < -0.3 is 9.47 Å². The van der Waals surface area contributed by atoms with Crippen LogP contribution in [0.1, 0.15) is 23.5 Å². The van der Waals surface area contributed by atoms with Crippen LogP contribution in [0.5, 0.6) is 11.5 Å². The van der Waals surface area contributed by atoms with Gasteiger partial charge in [0.1, 0.15) is 0 Å². The topological polar surface area (TPSA) is 102 Å². The Kier molecular flexibility index (Phi) is 4.38. The number of hydrogen-bond donors (Lipinski definition) is 2. The number of aromatic nitrogens is 4. The average Bonchev–Trinajstić information content (AvgIpc) is 3.17. The van der Waals surface area contributed by atoms with E-state index in [1.54, 1.807) is 6.07 Å². The van der Waals surface area contributed by atoms with Crippen molar-refractivity contribution in [2.24, 2.45) is 0 Å². The molecule has 0 bridgehead atoms. The number of H-pyrrole nitrogens is 1. The number of thiophene rings is 1. The molecule has 0 radical (unpaired) electrons. The maximum absolute atomic E-state index is 12.2. The molecule has 0 fully saturated rings. The molecule has 2 heterocycles. The molecule has 23 heavy (non-hydrogen) atoms. The first-order valence-electron chi connectivity index (χ1n) is 7.09. The van der Waals surface area contributed by atoms with Crippen LogP contribution in [0.3, 0.4) is 0 Å². The molecule has 0 aliphatic heterocycles. The molecule has 2 N–H and O–H groups in total. The zero-order valence-electron chi connectivity index (χ0n) is 12.6. The zero-order valence-corrected chi connectivity index (χ0v) is 13.4. The van der Waals surface area contributed by atoms with Crippen LogP contribution in [-0.4, -0.2) is 39.7 Å². The van der Waals surface area contributed by atoms with Crippen LogP contribution in [0.25, 0.3) is 10.1 Å². The number of nitrogens with zero attached hydrogens (tertiary/aromatic N) is 3. The third kappa shape index (κ3) is 3.24. The van der Waals surface area contributed by atoms with Gasteiger partial charge in [-0.2, -0.15) is 5.21 Å². The lowest BCUT2D eigenvalue weighted by molar-refractivity contribution is 0.102. The minimum Gasteiger partial charge on any atom is -0.490 e. The number of benzene rings is 1. The molecule has 0 atom stereocenters. The first kappa shape index (κ1) is 15.2. The summed E-state index contributed by atoms with van der Waals surface area (Å²) in [6, 6.07) is 5.57. The summed E-state index contributed by atoms with van der Waals surface area (Å²) in [5, 5.41) is 16.6. The number of ether oxygens (including phenoxy) is 2. The summed E-state index contributed by atoms with van der Waals surface area (Å²) in [5.41, 5.74) is 0. The summed E-state index contributed by atoms with van der Waals surface area (Å²) in [5.74, 6) is 1.19. The fourth-order valence-corrected chi connectivity index (χ4v) is 3.04. The molecule has 8 nitrogen and oxygen atoms in total. The zero-order chi connectivity index (χ0) is 16.2. The summed E-state index contributed by atoms with van der Waals surface area (Å²) in [6.45, 7) is 4.92. The van der Waals surface area contributed by atoms with Gasteiger partial charge >= 0.3 is 0 Å². The normalized spacial score (nSPS) is 10.7. The average molecular weight is 333 g/mol. The van der Waals surface area contributed by atoms with Crippen LogP contribution >= 0.6 is 11.3 Å². The van der Waals surface area contributed by atoms with Crippen LogP contribution in [0.4, 0.5) is 5.95 Å². The second-order valence-corrected chi connectivity index (χ2v) is 5.59. The summed E-state index contributed by atoms with van der Waals surface area (Å²) < 4.78 is 12.1. The smallest absolute Gasteiger partial charge is 0.270 e. The van der Waals surface area contributed by atoms with Crippen molar-refractivity contribution in [2.75, 3.05) is 18.5 Å². The van der Waals surface area contributed by atoms with Crippen LogP contribution in [-0.2, 0) is 0 Å². The Morgan fingerprint density at radius 2 is 1.96 bits per heavy atom. The van der Waals surface area contributed by atoms with E-state index in [0.717, 1.165) is 10.1 Å². The van der Waals surface area contributed by atoms with E-state index in [2.05, 4.69) is 25.9 Å². The van der Waals surface area contributed by atoms with Gasteiger partial charge in [-0.15, -0.1) is 16.4 Å². The van der Waals surface area contributed by atoms with E-state index in [4.69, 9.17) is 9.47 Å². The van der Waals surface area contributed by atoms with Crippen LogP contribution in [0.15, 0.2) is 18.2 Å². The molecule has 0 aliphatic carbocycles. The molecule has 0 spiro atoms. The van der Waals surface area contributed by atoms with Crippen LogP contribution in [0.2, 0.25) is 0 Å². The monoisotopic (exact) mass is 333 g/mol. The summed E-state index contributed by atoms with van der Waals surface area (Å²) in [4.78, 5) is 12.8. The van der Waals surface area contributed by atoms with E-state index in [0.29, 0.717) is 29.6 Å². The largest absolute Gasteiger partial charge is 0.490 e.